The molecular formula is C15H25N7. The summed E-state index contributed by atoms with van der Waals surface area (Å²) in [6.07, 6.45) is 4.80. The third-order valence-electron chi connectivity index (χ3n) is 4.49. The number of hydrogen-bond acceptors (Lipinski definition) is 5. The molecule has 2 aromatic heterocycles. The second-order valence-corrected chi connectivity index (χ2v) is 5.95. The second kappa shape index (κ2) is 6.58. The highest BCUT2D eigenvalue weighted by molar-refractivity contribution is 4.96. The Kier molecular flexibility index (Phi) is 4.54. The van der Waals surface area contributed by atoms with Gasteiger partial charge in [-0.1, -0.05) is 6.92 Å². The Bertz CT molecular complexity index is 607. The molecule has 2 aromatic rings. The first-order chi connectivity index (χ1) is 10.7. The van der Waals surface area contributed by atoms with Gasteiger partial charge in [-0.3, -0.25) is 9.80 Å². The molecule has 0 atom stereocenters. The zero-order valence-electron chi connectivity index (χ0n) is 13.7. The maximum absolute atomic E-state index is 4.41. The molecule has 3 heterocycles. The van der Waals surface area contributed by atoms with Crippen LogP contribution in [0.5, 0.6) is 0 Å². The minimum absolute atomic E-state index is 0.889. The van der Waals surface area contributed by atoms with Crippen molar-refractivity contribution in [1.82, 2.24) is 34.1 Å². The topological polar surface area (TPSA) is 55.0 Å². The maximum Gasteiger partial charge on any atom is 0.146 e. The van der Waals surface area contributed by atoms with Crippen molar-refractivity contribution in [3.8, 4) is 0 Å². The highest BCUT2D eigenvalue weighted by atomic mass is 15.3. The Morgan fingerprint density at radius 2 is 1.50 bits per heavy atom. The van der Waals surface area contributed by atoms with Crippen LogP contribution in [-0.2, 0) is 33.6 Å². The Balaban J connectivity index is 1.51. The fourth-order valence-electron chi connectivity index (χ4n) is 2.90. The summed E-state index contributed by atoms with van der Waals surface area (Å²) in [7, 11) is 4.11. The van der Waals surface area contributed by atoms with Gasteiger partial charge in [0.2, 0.25) is 0 Å². The van der Waals surface area contributed by atoms with Crippen LogP contribution in [-0.4, -0.2) is 60.3 Å². The SMILES string of the molecule is CCc1nnc(CN2CCN(Cc3nccn3C)CC2)n1C. The van der Waals surface area contributed by atoms with E-state index in [1.54, 1.807) is 0 Å². The monoisotopic (exact) mass is 303 g/mol. The summed E-state index contributed by atoms with van der Waals surface area (Å²) in [5.41, 5.74) is 0. The highest BCUT2D eigenvalue weighted by Crippen LogP contribution is 2.10. The molecule has 7 heteroatoms. The van der Waals surface area contributed by atoms with Gasteiger partial charge in [0.15, 0.2) is 0 Å². The molecule has 0 N–H and O–H groups in total. The van der Waals surface area contributed by atoms with Crippen LogP contribution in [0.2, 0.25) is 0 Å². The summed E-state index contributed by atoms with van der Waals surface area (Å²) >= 11 is 0. The number of aromatic nitrogens is 5. The van der Waals surface area contributed by atoms with Crippen molar-refractivity contribution in [2.24, 2.45) is 14.1 Å². The second-order valence-electron chi connectivity index (χ2n) is 5.95. The fraction of sp³-hybridized carbons (Fsp3) is 0.667. The van der Waals surface area contributed by atoms with Gasteiger partial charge in [-0.2, -0.15) is 0 Å². The lowest BCUT2D eigenvalue weighted by Gasteiger charge is -2.34. The molecule has 3 rings (SSSR count). The van der Waals surface area contributed by atoms with E-state index in [2.05, 4.69) is 55.1 Å². The largest absolute Gasteiger partial charge is 0.337 e. The van der Waals surface area contributed by atoms with Crippen molar-refractivity contribution < 1.29 is 0 Å². The van der Waals surface area contributed by atoms with E-state index in [0.717, 1.165) is 63.2 Å². The van der Waals surface area contributed by atoms with E-state index in [1.807, 2.05) is 12.4 Å². The van der Waals surface area contributed by atoms with Crippen LogP contribution in [0, 0.1) is 0 Å². The molecule has 0 spiro atoms. The van der Waals surface area contributed by atoms with Crippen molar-refractivity contribution in [1.29, 1.82) is 0 Å². The zero-order valence-corrected chi connectivity index (χ0v) is 13.7. The van der Waals surface area contributed by atoms with E-state index in [4.69, 9.17) is 0 Å². The third kappa shape index (κ3) is 3.20. The van der Waals surface area contributed by atoms with Gasteiger partial charge in [-0.05, 0) is 0 Å². The quantitative estimate of drug-likeness (QED) is 0.802. The van der Waals surface area contributed by atoms with Gasteiger partial charge in [0.1, 0.15) is 17.5 Å². The molecule has 0 saturated carbocycles. The van der Waals surface area contributed by atoms with E-state index < -0.39 is 0 Å². The van der Waals surface area contributed by atoms with E-state index in [1.165, 1.54) is 0 Å². The fourth-order valence-corrected chi connectivity index (χ4v) is 2.90. The molecule has 1 aliphatic rings. The van der Waals surface area contributed by atoms with Gasteiger partial charge >= 0.3 is 0 Å². The average molecular weight is 303 g/mol. The number of piperazine rings is 1. The Morgan fingerprint density at radius 3 is 2.00 bits per heavy atom. The minimum atomic E-state index is 0.889. The third-order valence-corrected chi connectivity index (χ3v) is 4.49. The molecule has 1 aliphatic heterocycles. The standard InChI is InChI=1S/C15H25N7/c1-4-13-17-18-15(20(13)3)12-22-9-7-21(8-10-22)11-14-16-5-6-19(14)2/h5-6H,4,7-12H2,1-3H3. The number of nitrogens with zero attached hydrogens (tertiary/aromatic N) is 7. The first-order valence-electron chi connectivity index (χ1n) is 7.95. The lowest BCUT2D eigenvalue weighted by atomic mass is 10.3. The zero-order chi connectivity index (χ0) is 15.5. The van der Waals surface area contributed by atoms with Gasteiger partial charge in [0.05, 0.1) is 13.1 Å². The van der Waals surface area contributed by atoms with Crippen LogP contribution < -0.4 is 0 Å². The van der Waals surface area contributed by atoms with Gasteiger partial charge in [0.25, 0.3) is 0 Å². The first-order valence-corrected chi connectivity index (χ1v) is 7.95. The van der Waals surface area contributed by atoms with Gasteiger partial charge in [-0.25, -0.2) is 4.98 Å². The smallest absolute Gasteiger partial charge is 0.146 e. The van der Waals surface area contributed by atoms with Crippen LogP contribution in [0.25, 0.3) is 0 Å². The van der Waals surface area contributed by atoms with Gasteiger partial charge in [0, 0.05) is 59.1 Å². The molecule has 0 unspecified atom stereocenters. The van der Waals surface area contributed by atoms with Crippen LogP contribution in [0.1, 0.15) is 24.4 Å². The molecular weight excluding hydrogens is 278 g/mol. The summed E-state index contributed by atoms with van der Waals surface area (Å²) in [5.74, 6) is 3.26. The van der Waals surface area contributed by atoms with Crippen molar-refractivity contribution in [3.63, 3.8) is 0 Å². The normalized spacial score (nSPS) is 17.2. The number of imidazole rings is 1. The number of hydrogen-bond donors (Lipinski definition) is 0. The van der Waals surface area contributed by atoms with Gasteiger partial charge in [-0.15, -0.1) is 10.2 Å². The minimum Gasteiger partial charge on any atom is -0.337 e. The molecule has 0 aromatic carbocycles. The van der Waals surface area contributed by atoms with Crippen LogP contribution in [0.4, 0.5) is 0 Å². The van der Waals surface area contributed by atoms with Crippen LogP contribution in [0.3, 0.4) is 0 Å². The number of aryl methyl sites for hydroxylation is 2. The molecule has 0 aliphatic carbocycles. The molecule has 7 nitrogen and oxygen atoms in total. The van der Waals surface area contributed by atoms with Crippen LogP contribution >= 0.6 is 0 Å². The Hall–Kier alpha value is -1.73. The molecule has 22 heavy (non-hydrogen) atoms. The maximum atomic E-state index is 4.41. The van der Waals surface area contributed by atoms with E-state index in [0.29, 0.717) is 0 Å². The van der Waals surface area contributed by atoms with Crippen LogP contribution in [0.15, 0.2) is 12.4 Å². The van der Waals surface area contributed by atoms with Crippen molar-refractivity contribution >= 4 is 0 Å². The molecule has 0 bridgehead atoms. The van der Waals surface area contributed by atoms with Crippen molar-refractivity contribution in [2.45, 2.75) is 26.4 Å². The van der Waals surface area contributed by atoms with E-state index in [-0.39, 0.29) is 0 Å². The summed E-state index contributed by atoms with van der Waals surface area (Å²) in [6.45, 7) is 8.22. The van der Waals surface area contributed by atoms with Crippen molar-refractivity contribution in [2.75, 3.05) is 26.2 Å². The predicted molar refractivity (Wildman–Crippen MR) is 84.1 cm³/mol. The molecule has 1 saturated heterocycles. The lowest BCUT2D eigenvalue weighted by Crippen LogP contribution is -2.46. The summed E-state index contributed by atoms with van der Waals surface area (Å²) in [5, 5.41) is 8.56. The van der Waals surface area contributed by atoms with E-state index in [9.17, 15) is 0 Å². The summed E-state index contributed by atoms with van der Waals surface area (Å²) in [4.78, 5) is 9.33. The van der Waals surface area contributed by atoms with Crippen molar-refractivity contribution in [3.05, 3.63) is 29.9 Å². The predicted octanol–water partition coefficient (Wildman–Crippen LogP) is 0.429. The lowest BCUT2D eigenvalue weighted by molar-refractivity contribution is 0.116. The average Bonchev–Trinajstić information content (AvgIpc) is 3.08. The summed E-state index contributed by atoms with van der Waals surface area (Å²) in [6, 6.07) is 0. The highest BCUT2D eigenvalue weighted by Gasteiger charge is 2.20. The first kappa shape index (κ1) is 15.2. The molecule has 0 radical (unpaired) electrons. The molecule has 1 fully saturated rings. The Morgan fingerprint density at radius 1 is 0.909 bits per heavy atom. The molecule has 0 amide bonds. The van der Waals surface area contributed by atoms with E-state index >= 15 is 0 Å². The molecule has 120 valence electrons. The van der Waals surface area contributed by atoms with Gasteiger partial charge < -0.3 is 9.13 Å². The number of rotatable bonds is 5. The Labute approximate surface area is 131 Å². The summed E-state index contributed by atoms with van der Waals surface area (Å²) < 4.78 is 4.22.